The van der Waals surface area contributed by atoms with Crippen LogP contribution in [0.3, 0.4) is 0 Å². The molecule has 3 aliphatic carbocycles. The van der Waals surface area contributed by atoms with Crippen LogP contribution >= 0.6 is 0 Å². The maximum atomic E-state index is 12.4. The summed E-state index contributed by atoms with van der Waals surface area (Å²) in [5.41, 5.74) is 0. The molecule has 1 N–H and O–H groups in total. The number of aliphatic hydroxyl groups is 1. The van der Waals surface area contributed by atoms with Gasteiger partial charge >= 0.3 is 0 Å². The van der Waals surface area contributed by atoms with E-state index in [1.54, 1.807) is 0 Å². The van der Waals surface area contributed by atoms with Crippen LogP contribution in [0, 0.1) is 23.7 Å². The summed E-state index contributed by atoms with van der Waals surface area (Å²) < 4.78 is 0. The molecule has 2 nitrogen and oxygen atoms in total. The number of allylic oxidation sites excluding steroid dienone is 2. The molecule has 0 aromatic carbocycles. The average Bonchev–Trinajstić information content (AvgIpc) is 3.00. The number of carbonyl (C=O) groups excluding carboxylic acids is 1. The quantitative estimate of drug-likeness (QED) is 0.762. The summed E-state index contributed by atoms with van der Waals surface area (Å²) in [6.07, 6.45) is 11.6. The first-order chi connectivity index (χ1) is 8.25. The van der Waals surface area contributed by atoms with E-state index in [0.29, 0.717) is 11.8 Å². The molecule has 0 saturated heterocycles. The highest BCUT2D eigenvalue weighted by atomic mass is 16.3. The first-order valence-electron chi connectivity index (χ1n) is 7.16. The van der Waals surface area contributed by atoms with Gasteiger partial charge in [-0.3, -0.25) is 4.79 Å². The zero-order valence-corrected chi connectivity index (χ0v) is 10.3. The molecule has 3 rings (SSSR count). The lowest BCUT2D eigenvalue weighted by molar-refractivity contribution is -0.135. The standard InChI is InChI=1S/C15H22O2/c16-14(11-4-2-1-3-5-11)15(17)13-9-10-6-7-12(13)8-10/h6-7,10-14,16H,1-5,8-9H2/t10-,12+,13+,14?/m0/s1. The van der Waals surface area contributed by atoms with Crippen molar-refractivity contribution in [1.29, 1.82) is 0 Å². The lowest BCUT2D eigenvalue weighted by Gasteiger charge is -2.28. The molecule has 0 spiro atoms. The van der Waals surface area contributed by atoms with Crippen LogP contribution in [0.1, 0.15) is 44.9 Å². The Balaban J connectivity index is 1.63. The van der Waals surface area contributed by atoms with E-state index in [1.165, 1.54) is 19.3 Å². The minimum atomic E-state index is -0.673. The lowest BCUT2D eigenvalue weighted by atomic mass is 9.78. The Morgan fingerprint density at radius 3 is 2.47 bits per heavy atom. The molecule has 3 aliphatic rings. The Morgan fingerprint density at radius 1 is 1.12 bits per heavy atom. The van der Waals surface area contributed by atoms with Gasteiger partial charge in [-0.1, -0.05) is 31.4 Å². The second-order valence-electron chi connectivity index (χ2n) is 6.13. The second kappa shape index (κ2) is 4.56. The maximum absolute atomic E-state index is 12.4. The summed E-state index contributed by atoms with van der Waals surface area (Å²) >= 11 is 0. The van der Waals surface area contributed by atoms with Gasteiger partial charge in [0.25, 0.3) is 0 Å². The van der Waals surface area contributed by atoms with Crippen LogP contribution in [0.15, 0.2) is 12.2 Å². The smallest absolute Gasteiger partial charge is 0.165 e. The molecule has 1 unspecified atom stereocenters. The maximum Gasteiger partial charge on any atom is 0.165 e. The molecule has 94 valence electrons. The number of ketones is 1. The summed E-state index contributed by atoms with van der Waals surface area (Å²) in [4.78, 5) is 12.4. The van der Waals surface area contributed by atoms with Crippen molar-refractivity contribution in [3.63, 3.8) is 0 Å². The van der Waals surface area contributed by atoms with Crippen molar-refractivity contribution in [2.24, 2.45) is 23.7 Å². The molecular weight excluding hydrogens is 212 g/mol. The predicted molar refractivity (Wildman–Crippen MR) is 66.4 cm³/mol. The number of fused-ring (bicyclic) bond motifs is 2. The van der Waals surface area contributed by atoms with E-state index in [1.807, 2.05) is 0 Å². The minimum Gasteiger partial charge on any atom is -0.385 e. The van der Waals surface area contributed by atoms with Gasteiger partial charge in [-0.2, -0.15) is 0 Å². The number of Topliss-reactive ketones (excluding diaryl/α,β-unsaturated/α-hetero) is 1. The van der Waals surface area contributed by atoms with Gasteiger partial charge in [0.05, 0.1) is 0 Å². The molecule has 0 aromatic heterocycles. The Morgan fingerprint density at radius 2 is 1.88 bits per heavy atom. The van der Waals surface area contributed by atoms with Crippen LogP contribution in [0.4, 0.5) is 0 Å². The minimum absolute atomic E-state index is 0.127. The molecule has 17 heavy (non-hydrogen) atoms. The fraction of sp³-hybridized carbons (Fsp3) is 0.800. The predicted octanol–water partition coefficient (Wildman–Crippen LogP) is 2.71. The summed E-state index contributed by atoms with van der Waals surface area (Å²) in [5, 5.41) is 10.3. The van der Waals surface area contributed by atoms with Gasteiger partial charge in [-0.05, 0) is 43.4 Å². The fourth-order valence-corrected chi connectivity index (χ4v) is 4.01. The van der Waals surface area contributed by atoms with Crippen LogP contribution in [0.5, 0.6) is 0 Å². The van der Waals surface area contributed by atoms with Crippen molar-refractivity contribution in [1.82, 2.24) is 0 Å². The molecule has 0 aromatic rings. The Labute approximate surface area is 103 Å². The van der Waals surface area contributed by atoms with Gasteiger partial charge in [0, 0.05) is 5.92 Å². The van der Waals surface area contributed by atoms with Gasteiger partial charge in [0.2, 0.25) is 0 Å². The van der Waals surface area contributed by atoms with Crippen molar-refractivity contribution >= 4 is 5.78 Å². The highest BCUT2D eigenvalue weighted by Gasteiger charge is 2.43. The van der Waals surface area contributed by atoms with Gasteiger partial charge < -0.3 is 5.11 Å². The third-order valence-corrected chi connectivity index (χ3v) is 5.03. The molecule has 2 bridgehead atoms. The summed E-state index contributed by atoms with van der Waals surface area (Å²) in [6, 6.07) is 0. The lowest BCUT2D eigenvalue weighted by Crippen LogP contribution is -2.37. The van der Waals surface area contributed by atoms with Gasteiger partial charge in [-0.25, -0.2) is 0 Å². The first-order valence-corrected chi connectivity index (χ1v) is 7.16. The largest absolute Gasteiger partial charge is 0.385 e. The SMILES string of the molecule is O=C(C(O)C1CCCCC1)[C@@H]1C[C@H]2C=C[C@@H]1C2. The van der Waals surface area contributed by atoms with E-state index >= 15 is 0 Å². The third-order valence-electron chi connectivity index (χ3n) is 5.03. The molecule has 0 radical (unpaired) electrons. The molecule has 2 saturated carbocycles. The molecule has 2 heteroatoms. The highest BCUT2D eigenvalue weighted by molar-refractivity contribution is 5.86. The van der Waals surface area contributed by atoms with Crippen LogP contribution in [0.2, 0.25) is 0 Å². The van der Waals surface area contributed by atoms with E-state index in [0.717, 1.165) is 25.7 Å². The van der Waals surface area contributed by atoms with E-state index in [4.69, 9.17) is 0 Å². The third kappa shape index (κ3) is 2.08. The van der Waals surface area contributed by atoms with Crippen molar-refractivity contribution < 1.29 is 9.90 Å². The fourth-order valence-electron chi connectivity index (χ4n) is 4.01. The summed E-state index contributed by atoms with van der Waals surface area (Å²) in [7, 11) is 0. The van der Waals surface area contributed by atoms with Crippen molar-refractivity contribution in [3.8, 4) is 0 Å². The zero-order valence-electron chi connectivity index (χ0n) is 10.3. The van der Waals surface area contributed by atoms with Crippen molar-refractivity contribution in [2.45, 2.75) is 51.0 Å². The van der Waals surface area contributed by atoms with Crippen LogP contribution in [-0.4, -0.2) is 17.0 Å². The second-order valence-corrected chi connectivity index (χ2v) is 6.13. The monoisotopic (exact) mass is 234 g/mol. The Kier molecular flexibility index (Phi) is 3.08. The average molecular weight is 234 g/mol. The van der Waals surface area contributed by atoms with Crippen molar-refractivity contribution in [3.05, 3.63) is 12.2 Å². The number of hydrogen-bond donors (Lipinski definition) is 1. The molecular formula is C15H22O2. The molecule has 2 fully saturated rings. The number of hydrogen-bond acceptors (Lipinski definition) is 2. The van der Waals surface area contributed by atoms with E-state index < -0.39 is 6.10 Å². The van der Waals surface area contributed by atoms with E-state index in [2.05, 4.69) is 12.2 Å². The van der Waals surface area contributed by atoms with Crippen LogP contribution in [-0.2, 0) is 4.79 Å². The molecule has 0 amide bonds. The van der Waals surface area contributed by atoms with Crippen molar-refractivity contribution in [2.75, 3.05) is 0 Å². The normalized spacial score (nSPS) is 38.5. The number of rotatable bonds is 3. The van der Waals surface area contributed by atoms with Gasteiger partial charge in [0.1, 0.15) is 6.10 Å². The number of carbonyl (C=O) groups is 1. The molecule has 4 atom stereocenters. The van der Waals surface area contributed by atoms with Crippen LogP contribution in [0.25, 0.3) is 0 Å². The molecule has 0 heterocycles. The Hall–Kier alpha value is -0.630. The zero-order chi connectivity index (χ0) is 11.8. The molecule has 0 aliphatic heterocycles. The van der Waals surface area contributed by atoms with Gasteiger partial charge in [0.15, 0.2) is 5.78 Å². The highest BCUT2D eigenvalue weighted by Crippen LogP contribution is 2.45. The summed E-state index contributed by atoms with van der Waals surface area (Å²) in [6.45, 7) is 0. The Bertz CT molecular complexity index is 328. The van der Waals surface area contributed by atoms with E-state index in [-0.39, 0.29) is 17.6 Å². The summed E-state index contributed by atoms with van der Waals surface area (Å²) in [5.74, 6) is 1.58. The van der Waals surface area contributed by atoms with Gasteiger partial charge in [-0.15, -0.1) is 0 Å². The van der Waals surface area contributed by atoms with Crippen LogP contribution < -0.4 is 0 Å². The first kappa shape index (κ1) is 11.5. The number of aliphatic hydroxyl groups excluding tert-OH is 1. The van der Waals surface area contributed by atoms with E-state index in [9.17, 15) is 9.90 Å². The topological polar surface area (TPSA) is 37.3 Å².